The first-order valence-corrected chi connectivity index (χ1v) is 7.76. The van der Waals surface area contributed by atoms with Crippen LogP contribution < -0.4 is 10.2 Å². The molecular weight excluding hydrogens is 302 g/mol. The van der Waals surface area contributed by atoms with Gasteiger partial charge in [-0.25, -0.2) is 9.97 Å². The second-order valence-corrected chi connectivity index (χ2v) is 6.15. The highest BCUT2D eigenvalue weighted by molar-refractivity contribution is 7.17. The Bertz CT molecular complexity index is 837. The monoisotopic (exact) mass is 315 g/mol. The third-order valence-corrected chi connectivity index (χ3v) is 4.50. The summed E-state index contributed by atoms with van der Waals surface area (Å²) in [6.45, 7) is 3.22. The quantitative estimate of drug-likeness (QED) is 0.790. The number of aryl methyl sites for hydroxylation is 1. The number of nitrogens with one attached hydrogen (secondary N) is 1. The van der Waals surface area contributed by atoms with Crippen LogP contribution in [0.25, 0.3) is 10.2 Å². The summed E-state index contributed by atoms with van der Waals surface area (Å²) in [5, 5.41) is 8.67. The van der Waals surface area contributed by atoms with Crippen LogP contribution in [0.5, 0.6) is 0 Å². The summed E-state index contributed by atoms with van der Waals surface area (Å²) in [5.41, 5.74) is 1.28. The van der Waals surface area contributed by atoms with Crippen LogP contribution in [0.3, 0.4) is 0 Å². The van der Waals surface area contributed by atoms with E-state index in [0.717, 1.165) is 29.1 Å². The van der Waals surface area contributed by atoms with Crippen molar-refractivity contribution in [1.82, 2.24) is 20.4 Å². The van der Waals surface area contributed by atoms with Crippen LogP contribution >= 0.6 is 11.3 Å². The van der Waals surface area contributed by atoms with Crippen molar-refractivity contribution >= 4 is 33.3 Å². The van der Waals surface area contributed by atoms with Crippen molar-refractivity contribution in [2.75, 3.05) is 18.0 Å². The van der Waals surface area contributed by atoms with E-state index in [-0.39, 0.29) is 11.9 Å². The van der Waals surface area contributed by atoms with Crippen molar-refractivity contribution in [2.24, 2.45) is 0 Å². The number of fused-ring (bicyclic) bond motifs is 1. The zero-order chi connectivity index (χ0) is 15.1. The van der Waals surface area contributed by atoms with E-state index in [4.69, 9.17) is 4.52 Å². The Morgan fingerprint density at radius 3 is 3.09 bits per heavy atom. The third kappa shape index (κ3) is 2.21. The van der Waals surface area contributed by atoms with Gasteiger partial charge in [0, 0.05) is 19.2 Å². The first-order valence-electron chi connectivity index (χ1n) is 6.88. The maximum absolute atomic E-state index is 12.0. The molecule has 112 valence electrons. The van der Waals surface area contributed by atoms with E-state index in [1.807, 2.05) is 11.4 Å². The zero-order valence-electron chi connectivity index (χ0n) is 11.8. The number of aromatic nitrogens is 3. The molecule has 22 heavy (non-hydrogen) atoms. The zero-order valence-corrected chi connectivity index (χ0v) is 12.6. The number of anilines is 1. The minimum Gasteiger partial charge on any atom is -0.361 e. The maximum Gasteiger partial charge on any atom is 0.273 e. The molecule has 0 unspecified atom stereocenters. The van der Waals surface area contributed by atoms with Gasteiger partial charge in [0.2, 0.25) is 0 Å². The van der Waals surface area contributed by atoms with Gasteiger partial charge in [-0.3, -0.25) is 4.79 Å². The Morgan fingerprint density at radius 2 is 2.32 bits per heavy atom. The van der Waals surface area contributed by atoms with Crippen LogP contribution in [-0.4, -0.2) is 40.2 Å². The Hall–Kier alpha value is -2.48. The fourth-order valence-corrected chi connectivity index (χ4v) is 3.34. The molecule has 1 fully saturated rings. The van der Waals surface area contributed by atoms with Crippen molar-refractivity contribution in [3.63, 3.8) is 0 Å². The van der Waals surface area contributed by atoms with Crippen molar-refractivity contribution in [1.29, 1.82) is 0 Å². The molecule has 1 aliphatic rings. The molecule has 7 nitrogen and oxygen atoms in total. The molecular formula is C14H13N5O2S. The number of hydrogen-bond acceptors (Lipinski definition) is 7. The average Bonchev–Trinajstić information content (AvgIpc) is 3.10. The fourth-order valence-electron chi connectivity index (χ4n) is 2.48. The highest BCUT2D eigenvalue weighted by Gasteiger charge is 2.31. The van der Waals surface area contributed by atoms with Crippen LogP contribution in [0.15, 0.2) is 28.4 Å². The lowest BCUT2D eigenvalue weighted by Gasteiger charge is -2.40. The molecule has 0 radical (unpaired) electrons. The van der Waals surface area contributed by atoms with Crippen molar-refractivity contribution in [2.45, 2.75) is 13.0 Å². The van der Waals surface area contributed by atoms with E-state index < -0.39 is 0 Å². The van der Waals surface area contributed by atoms with E-state index in [9.17, 15) is 4.79 Å². The Labute approximate surface area is 130 Å². The highest BCUT2D eigenvalue weighted by Crippen LogP contribution is 2.30. The normalized spacial score (nSPS) is 15.0. The number of carbonyl (C=O) groups is 1. The molecule has 0 atom stereocenters. The largest absolute Gasteiger partial charge is 0.361 e. The van der Waals surface area contributed by atoms with Crippen LogP contribution in [0.1, 0.15) is 16.2 Å². The predicted octanol–water partition coefficient (Wildman–Crippen LogP) is 1.61. The molecule has 1 aliphatic heterocycles. The van der Waals surface area contributed by atoms with Crippen LogP contribution in [-0.2, 0) is 0 Å². The first-order chi connectivity index (χ1) is 10.7. The SMILES string of the molecule is Cc1cc(C(=O)NC2CN(c3ncnc4ccsc34)C2)no1. The number of rotatable bonds is 3. The van der Waals surface area contributed by atoms with E-state index in [1.54, 1.807) is 30.7 Å². The topological polar surface area (TPSA) is 84.2 Å². The molecule has 0 aliphatic carbocycles. The molecule has 1 amide bonds. The Morgan fingerprint density at radius 1 is 1.45 bits per heavy atom. The Balaban J connectivity index is 1.42. The molecule has 4 rings (SSSR count). The lowest BCUT2D eigenvalue weighted by atomic mass is 10.1. The second kappa shape index (κ2) is 5.06. The van der Waals surface area contributed by atoms with Gasteiger partial charge in [-0.1, -0.05) is 5.16 Å². The number of nitrogens with zero attached hydrogens (tertiary/aromatic N) is 4. The number of amides is 1. The van der Waals surface area contributed by atoms with Gasteiger partial charge < -0.3 is 14.7 Å². The van der Waals surface area contributed by atoms with Gasteiger partial charge in [-0.2, -0.15) is 0 Å². The number of hydrogen-bond donors (Lipinski definition) is 1. The van der Waals surface area contributed by atoms with Gasteiger partial charge in [0.05, 0.1) is 16.3 Å². The Kier molecular flexibility index (Phi) is 3.04. The maximum atomic E-state index is 12.0. The van der Waals surface area contributed by atoms with Gasteiger partial charge in [-0.15, -0.1) is 11.3 Å². The van der Waals surface area contributed by atoms with Gasteiger partial charge in [-0.05, 0) is 18.4 Å². The predicted molar refractivity (Wildman–Crippen MR) is 82.1 cm³/mol. The molecule has 1 N–H and O–H groups in total. The lowest BCUT2D eigenvalue weighted by Crippen LogP contribution is -2.59. The lowest BCUT2D eigenvalue weighted by molar-refractivity contribution is 0.0921. The smallest absolute Gasteiger partial charge is 0.273 e. The van der Waals surface area contributed by atoms with Crippen molar-refractivity contribution in [3.8, 4) is 0 Å². The van der Waals surface area contributed by atoms with Crippen LogP contribution in [0, 0.1) is 6.92 Å². The fraction of sp³-hybridized carbons (Fsp3) is 0.286. The van der Waals surface area contributed by atoms with E-state index in [0.29, 0.717) is 11.5 Å². The summed E-state index contributed by atoms with van der Waals surface area (Å²) in [6, 6.07) is 3.71. The van der Waals surface area contributed by atoms with Gasteiger partial charge >= 0.3 is 0 Å². The number of thiophene rings is 1. The molecule has 4 heterocycles. The minimum atomic E-state index is -0.203. The van der Waals surface area contributed by atoms with Crippen molar-refractivity contribution < 1.29 is 9.32 Å². The van der Waals surface area contributed by atoms with Crippen LogP contribution in [0.2, 0.25) is 0 Å². The summed E-state index contributed by atoms with van der Waals surface area (Å²) in [6.07, 6.45) is 1.58. The summed E-state index contributed by atoms with van der Waals surface area (Å²) in [4.78, 5) is 22.7. The summed E-state index contributed by atoms with van der Waals surface area (Å²) >= 11 is 1.63. The molecule has 0 saturated carbocycles. The average molecular weight is 315 g/mol. The number of carbonyl (C=O) groups excluding carboxylic acids is 1. The third-order valence-electron chi connectivity index (χ3n) is 3.60. The second-order valence-electron chi connectivity index (χ2n) is 5.23. The molecule has 3 aromatic heterocycles. The molecule has 1 saturated heterocycles. The van der Waals surface area contributed by atoms with Gasteiger partial charge in [0.25, 0.3) is 5.91 Å². The molecule has 0 spiro atoms. The highest BCUT2D eigenvalue weighted by atomic mass is 32.1. The van der Waals surface area contributed by atoms with Crippen LogP contribution in [0.4, 0.5) is 5.82 Å². The van der Waals surface area contributed by atoms with E-state index >= 15 is 0 Å². The minimum absolute atomic E-state index is 0.0921. The van der Waals surface area contributed by atoms with Gasteiger partial charge in [0.1, 0.15) is 17.9 Å². The van der Waals surface area contributed by atoms with E-state index in [2.05, 4.69) is 25.3 Å². The molecule has 0 aromatic carbocycles. The van der Waals surface area contributed by atoms with E-state index in [1.165, 1.54) is 0 Å². The van der Waals surface area contributed by atoms with Gasteiger partial charge in [0.15, 0.2) is 5.69 Å². The summed E-state index contributed by atoms with van der Waals surface area (Å²) in [5.74, 6) is 1.36. The first kappa shape index (κ1) is 13.2. The van der Waals surface area contributed by atoms with Crippen molar-refractivity contribution in [3.05, 3.63) is 35.3 Å². The standard InChI is InChI=1S/C14H13N5O2S/c1-8-4-11(18-21-8)14(20)17-9-5-19(6-9)13-12-10(2-3-22-12)15-7-16-13/h2-4,7,9H,5-6H2,1H3,(H,17,20). The molecule has 0 bridgehead atoms. The summed E-state index contributed by atoms with van der Waals surface area (Å²) in [7, 11) is 0. The molecule has 3 aromatic rings. The molecule has 8 heteroatoms. The summed E-state index contributed by atoms with van der Waals surface area (Å²) < 4.78 is 5.99.